The van der Waals surface area contributed by atoms with Crippen molar-refractivity contribution in [2.45, 2.75) is 0 Å². The van der Waals surface area contributed by atoms with Gasteiger partial charge in [0.15, 0.2) is 5.82 Å². The number of aryl methyl sites for hydroxylation is 1. The zero-order valence-corrected chi connectivity index (χ0v) is 9.22. The third-order valence-electron chi connectivity index (χ3n) is 1.82. The van der Waals surface area contributed by atoms with E-state index in [-0.39, 0.29) is 10.7 Å². The molecule has 0 amide bonds. The van der Waals surface area contributed by atoms with Gasteiger partial charge in [0, 0.05) is 19.4 Å². The molecular weight excluding hydrogens is 240 g/mol. The van der Waals surface area contributed by atoms with E-state index in [1.807, 2.05) is 0 Å². The zero-order valence-electron chi connectivity index (χ0n) is 7.71. The topological polar surface area (TPSA) is 30.7 Å². The van der Waals surface area contributed by atoms with Gasteiger partial charge in [-0.05, 0) is 6.07 Å². The van der Waals surface area contributed by atoms with Gasteiger partial charge in [-0.3, -0.25) is 4.68 Å². The quantitative estimate of drug-likeness (QED) is 0.774. The molecule has 0 saturated carbocycles. The standard InChI is InChI=1S/C9H6Cl2FN3/c1-15-4-6(11)8(14-15)9-7(12)2-5(10)3-13-9/h2-4H,1H3. The molecule has 0 atom stereocenters. The number of halogens is 3. The Morgan fingerprint density at radius 3 is 2.60 bits per heavy atom. The second-order valence-corrected chi connectivity index (χ2v) is 3.83. The molecule has 6 heteroatoms. The summed E-state index contributed by atoms with van der Waals surface area (Å²) in [4.78, 5) is 3.86. The fourth-order valence-electron chi connectivity index (χ4n) is 1.21. The van der Waals surface area contributed by atoms with Crippen LogP contribution < -0.4 is 0 Å². The number of nitrogens with zero attached hydrogens (tertiary/aromatic N) is 3. The second kappa shape index (κ2) is 3.79. The molecule has 3 nitrogen and oxygen atoms in total. The molecular formula is C9H6Cl2FN3. The van der Waals surface area contributed by atoms with Crippen LogP contribution in [0.1, 0.15) is 0 Å². The first kappa shape index (κ1) is 10.4. The molecule has 2 rings (SSSR count). The molecule has 15 heavy (non-hydrogen) atoms. The fraction of sp³-hybridized carbons (Fsp3) is 0.111. The average Bonchev–Trinajstić information content (AvgIpc) is 2.45. The molecule has 0 spiro atoms. The molecule has 78 valence electrons. The molecule has 0 saturated heterocycles. The molecule has 0 aromatic carbocycles. The maximum Gasteiger partial charge on any atom is 0.152 e. The van der Waals surface area contributed by atoms with Gasteiger partial charge in [-0.15, -0.1) is 0 Å². The first-order chi connectivity index (χ1) is 7.08. The Morgan fingerprint density at radius 1 is 1.33 bits per heavy atom. The van der Waals surface area contributed by atoms with Gasteiger partial charge >= 0.3 is 0 Å². The molecule has 0 aliphatic carbocycles. The molecule has 0 fully saturated rings. The molecule has 0 N–H and O–H groups in total. The molecule has 0 aliphatic heterocycles. The third kappa shape index (κ3) is 1.96. The van der Waals surface area contributed by atoms with Crippen LogP contribution in [-0.4, -0.2) is 14.8 Å². The first-order valence-electron chi connectivity index (χ1n) is 4.08. The van der Waals surface area contributed by atoms with Gasteiger partial charge in [0.25, 0.3) is 0 Å². The lowest BCUT2D eigenvalue weighted by Gasteiger charge is -1.99. The molecule has 2 heterocycles. The Bertz CT molecular complexity index is 510. The van der Waals surface area contributed by atoms with Gasteiger partial charge < -0.3 is 0 Å². The molecule has 0 unspecified atom stereocenters. The summed E-state index contributed by atoms with van der Waals surface area (Å²) >= 11 is 11.5. The smallest absolute Gasteiger partial charge is 0.152 e. The number of pyridine rings is 1. The van der Waals surface area contributed by atoms with Crippen LogP contribution in [0.3, 0.4) is 0 Å². The number of rotatable bonds is 1. The van der Waals surface area contributed by atoms with E-state index in [0.717, 1.165) is 0 Å². The summed E-state index contributed by atoms with van der Waals surface area (Å²) in [5.74, 6) is -0.539. The summed E-state index contributed by atoms with van der Waals surface area (Å²) in [6.07, 6.45) is 2.93. The Balaban J connectivity index is 2.59. The van der Waals surface area contributed by atoms with E-state index in [1.54, 1.807) is 13.2 Å². The van der Waals surface area contributed by atoms with Crippen LogP contribution in [0.5, 0.6) is 0 Å². The van der Waals surface area contributed by atoms with Crippen molar-refractivity contribution >= 4 is 23.2 Å². The van der Waals surface area contributed by atoms with E-state index in [0.29, 0.717) is 10.7 Å². The second-order valence-electron chi connectivity index (χ2n) is 2.98. The minimum Gasteiger partial charge on any atom is -0.274 e. The Hall–Kier alpha value is -1.13. The van der Waals surface area contributed by atoms with Crippen molar-refractivity contribution < 1.29 is 4.39 Å². The normalized spacial score (nSPS) is 10.7. The van der Waals surface area contributed by atoms with Crippen molar-refractivity contribution in [1.82, 2.24) is 14.8 Å². The summed E-state index contributed by atoms with van der Waals surface area (Å²) in [6.45, 7) is 0. The van der Waals surface area contributed by atoms with Crippen molar-refractivity contribution in [3.63, 3.8) is 0 Å². The molecule has 2 aromatic heterocycles. The van der Waals surface area contributed by atoms with Gasteiger partial charge in [0.2, 0.25) is 0 Å². The highest BCUT2D eigenvalue weighted by Gasteiger charge is 2.14. The molecule has 0 aliphatic rings. The average molecular weight is 246 g/mol. The van der Waals surface area contributed by atoms with Crippen LogP contribution in [0.25, 0.3) is 11.4 Å². The summed E-state index contributed by atoms with van der Waals surface area (Å²) in [7, 11) is 1.70. The van der Waals surface area contributed by atoms with Gasteiger partial charge in [-0.25, -0.2) is 9.37 Å². The van der Waals surface area contributed by atoms with Crippen LogP contribution in [-0.2, 0) is 7.05 Å². The van der Waals surface area contributed by atoms with E-state index < -0.39 is 5.82 Å². The highest BCUT2D eigenvalue weighted by Crippen LogP contribution is 2.27. The van der Waals surface area contributed by atoms with Crippen LogP contribution in [0.4, 0.5) is 4.39 Å². The Kier molecular flexibility index (Phi) is 2.63. The summed E-state index contributed by atoms with van der Waals surface area (Å²) < 4.78 is 15.0. The van der Waals surface area contributed by atoms with Crippen molar-refractivity contribution in [1.29, 1.82) is 0 Å². The summed E-state index contributed by atoms with van der Waals surface area (Å²) in [5.41, 5.74) is 0.415. The Labute approximate surface area is 95.5 Å². The van der Waals surface area contributed by atoms with Crippen LogP contribution in [0, 0.1) is 5.82 Å². The summed E-state index contributed by atoms with van der Waals surface area (Å²) in [6, 6.07) is 1.18. The van der Waals surface area contributed by atoms with E-state index in [2.05, 4.69) is 10.1 Å². The largest absolute Gasteiger partial charge is 0.274 e. The lowest BCUT2D eigenvalue weighted by Crippen LogP contribution is -1.92. The summed E-state index contributed by atoms with van der Waals surface area (Å²) in [5, 5.41) is 4.60. The molecule has 2 aromatic rings. The Morgan fingerprint density at radius 2 is 2.07 bits per heavy atom. The van der Waals surface area contributed by atoms with Gasteiger partial charge in [-0.2, -0.15) is 5.10 Å². The SMILES string of the molecule is Cn1cc(Cl)c(-c2ncc(Cl)cc2F)n1. The van der Waals surface area contributed by atoms with Crippen LogP contribution in [0.2, 0.25) is 10.0 Å². The van der Waals surface area contributed by atoms with E-state index in [9.17, 15) is 4.39 Å². The maximum atomic E-state index is 13.5. The minimum absolute atomic E-state index is 0.102. The van der Waals surface area contributed by atoms with Gasteiger partial charge in [-0.1, -0.05) is 23.2 Å². The maximum absolute atomic E-state index is 13.5. The predicted molar refractivity (Wildman–Crippen MR) is 56.4 cm³/mol. The van der Waals surface area contributed by atoms with Crippen LogP contribution >= 0.6 is 23.2 Å². The van der Waals surface area contributed by atoms with E-state index >= 15 is 0 Å². The highest BCUT2D eigenvalue weighted by atomic mass is 35.5. The van der Waals surface area contributed by atoms with Crippen LogP contribution in [0.15, 0.2) is 18.5 Å². The molecule has 0 bridgehead atoms. The van der Waals surface area contributed by atoms with Gasteiger partial charge in [0.05, 0.1) is 10.0 Å². The molecule has 0 radical (unpaired) electrons. The predicted octanol–water partition coefficient (Wildman–Crippen LogP) is 2.93. The minimum atomic E-state index is -0.539. The zero-order chi connectivity index (χ0) is 11.0. The third-order valence-corrected chi connectivity index (χ3v) is 2.30. The number of hydrogen-bond donors (Lipinski definition) is 0. The first-order valence-corrected chi connectivity index (χ1v) is 4.84. The lowest BCUT2D eigenvalue weighted by molar-refractivity contribution is 0.624. The lowest BCUT2D eigenvalue weighted by atomic mass is 10.2. The fourth-order valence-corrected chi connectivity index (χ4v) is 1.62. The van der Waals surface area contributed by atoms with E-state index in [4.69, 9.17) is 23.2 Å². The van der Waals surface area contributed by atoms with Gasteiger partial charge in [0.1, 0.15) is 11.4 Å². The number of aromatic nitrogens is 3. The van der Waals surface area contributed by atoms with Crippen molar-refractivity contribution in [3.05, 3.63) is 34.3 Å². The number of hydrogen-bond acceptors (Lipinski definition) is 2. The van der Waals surface area contributed by atoms with E-state index in [1.165, 1.54) is 16.9 Å². The van der Waals surface area contributed by atoms with Crippen molar-refractivity contribution in [3.8, 4) is 11.4 Å². The monoisotopic (exact) mass is 245 g/mol. The van der Waals surface area contributed by atoms with Crippen molar-refractivity contribution in [2.24, 2.45) is 7.05 Å². The highest BCUT2D eigenvalue weighted by molar-refractivity contribution is 6.33. The van der Waals surface area contributed by atoms with Crippen molar-refractivity contribution in [2.75, 3.05) is 0 Å².